The molecular weight excluding hydrogens is 387 g/mol. The molecule has 0 aliphatic carbocycles. The van der Waals surface area contributed by atoms with Gasteiger partial charge in [-0.2, -0.15) is 0 Å². The number of carbonyl (C=O) groups is 1. The van der Waals surface area contributed by atoms with Crippen molar-refractivity contribution < 1.29 is 9.21 Å². The first-order valence-electron chi connectivity index (χ1n) is 9.01. The Morgan fingerprint density at radius 2 is 1.93 bits per heavy atom. The molecule has 150 valence electrons. The average Bonchev–Trinajstić information content (AvgIpc) is 3.14. The maximum Gasteiger partial charge on any atom is 0.220 e. The van der Waals surface area contributed by atoms with Gasteiger partial charge in [0.15, 0.2) is 11.7 Å². The van der Waals surface area contributed by atoms with Crippen LogP contribution in [0.3, 0.4) is 0 Å². The van der Waals surface area contributed by atoms with E-state index in [2.05, 4.69) is 20.5 Å². The summed E-state index contributed by atoms with van der Waals surface area (Å²) in [6.45, 7) is 6.09. The summed E-state index contributed by atoms with van der Waals surface area (Å²) in [7, 11) is 0. The lowest BCUT2D eigenvalue weighted by molar-refractivity contribution is -0.121. The van der Waals surface area contributed by atoms with Crippen molar-refractivity contribution in [2.45, 2.75) is 19.3 Å². The van der Waals surface area contributed by atoms with Crippen LogP contribution in [0, 0.1) is 0 Å². The zero-order valence-corrected chi connectivity index (χ0v) is 17.0. The van der Waals surface area contributed by atoms with Crippen molar-refractivity contribution in [3.8, 4) is 11.3 Å². The van der Waals surface area contributed by atoms with Crippen LogP contribution in [0.5, 0.6) is 0 Å². The largest absolute Gasteiger partial charge is 0.441 e. The van der Waals surface area contributed by atoms with Crippen LogP contribution in [0.25, 0.3) is 11.3 Å². The SMILES string of the molecule is Cl.Cl.O=C(CCc1ncc(-c2ccccc2)o1)NCCCN1CCNCC1. The number of hydrogen-bond acceptors (Lipinski definition) is 5. The average molecular weight is 415 g/mol. The number of benzene rings is 1. The highest BCUT2D eigenvalue weighted by atomic mass is 35.5. The van der Waals surface area contributed by atoms with Gasteiger partial charge in [0.1, 0.15) is 0 Å². The summed E-state index contributed by atoms with van der Waals surface area (Å²) >= 11 is 0. The lowest BCUT2D eigenvalue weighted by Crippen LogP contribution is -2.44. The minimum Gasteiger partial charge on any atom is -0.441 e. The molecule has 0 atom stereocenters. The molecule has 1 amide bonds. The molecule has 1 fully saturated rings. The first-order valence-corrected chi connectivity index (χ1v) is 9.01. The smallest absolute Gasteiger partial charge is 0.220 e. The van der Waals surface area contributed by atoms with Crippen LogP contribution in [-0.4, -0.2) is 55.1 Å². The minimum atomic E-state index is 0. The second-order valence-electron chi connectivity index (χ2n) is 6.28. The molecule has 0 radical (unpaired) electrons. The van der Waals surface area contributed by atoms with Crippen LogP contribution in [0.15, 0.2) is 40.9 Å². The summed E-state index contributed by atoms with van der Waals surface area (Å²) in [5, 5.41) is 6.32. The zero-order chi connectivity index (χ0) is 17.3. The van der Waals surface area contributed by atoms with Crippen LogP contribution in [0.1, 0.15) is 18.7 Å². The van der Waals surface area contributed by atoms with Crippen LogP contribution in [-0.2, 0) is 11.2 Å². The van der Waals surface area contributed by atoms with E-state index in [1.807, 2.05) is 30.3 Å². The molecule has 0 saturated carbocycles. The molecule has 2 aromatic rings. The van der Waals surface area contributed by atoms with Gasteiger partial charge in [-0.3, -0.25) is 4.79 Å². The van der Waals surface area contributed by atoms with Crippen molar-refractivity contribution in [3.63, 3.8) is 0 Å². The Morgan fingerprint density at radius 3 is 2.67 bits per heavy atom. The Bertz CT molecular complexity index is 661. The quantitative estimate of drug-likeness (QED) is 0.649. The van der Waals surface area contributed by atoms with Crippen molar-refractivity contribution >= 4 is 30.7 Å². The van der Waals surface area contributed by atoms with Crippen molar-refractivity contribution in [3.05, 3.63) is 42.4 Å². The monoisotopic (exact) mass is 414 g/mol. The van der Waals surface area contributed by atoms with E-state index in [0.29, 0.717) is 18.7 Å². The van der Waals surface area contributed by atoms with Gasteiger partial charge in [0.25, 0.3) is 0 Å². The summed E-state index contributed by atoms with van der Waals surface area (Å²) in [5.74, 6) is 1.40. The van der Waals surface area contributed by atoms with Gasteiger partial charge < -0.3 is 20.0 Å². The zero-order valence-electron chi connectivity index (χ0n) is 15.4. The number of amides is 1. The number of carbonyl (C=O) groups excluding carboxylic acids is 1. The van der Waals surface area contributed by atoms with Crippen molar-refractivity contribution in [1.82, 2.24) is 20.5 Å². The molecule has 6 nitrogen and oxygen atoms in total. The third kappa shape index (κ3) is 7.89. The standard InChI is InChI=1S/C19H26N4O2.2ClH/c24-18(21-9-4-12-23-13-10-20-11-14-23)7-8-19-22-15-17(25-19)16-5-2-1-3-6-16;;/h1-3,5-6,15,20H,4,7-14H2,(H,21,24);2*1H. The third-order valence-electron chi connectivity index (χ3n) is 4.36. The minimum absolute atomic E-state index is 0. The predicted octanol–water partition coefficient (Wildman–Crippen LogP) is 2.53. The summed E-state index contributed by atoms with van der Waals surface area (Å²) in [6, 6.07) is 9.86. The maximum absolute atomic E-state index is 11.9. The molecular formula is C19H28Cl2N4O2. The number of piperazine rings is 1. The molecule has 1 aromatic heterocycles. The number of halogens is 2. The highest BCUT2D eigenvalue weighted by Gasteiger charge is 2.10. The molecule has 3 rings (SSSR count). The summed E-state index contributed by atoms with van der Waals surface area (Å²) in [5.41, 5.74) is 0.999. The van der Waals surface area contributed by atoms with Gasteiger partial charge in [-0.1, -0.05) is 30.3 Å². The van der Waals surface area contributed by atoms with Gasteiger partial charge >= 0.3 is 0 Å². The predicted molar refractivity (Wildman–Crippen MR) is 112 cm³/mol. The van der Waals surface area contributed by atoms with Gasteiger partial charge in [-0.15, -0.1) is 24.8 Å². The lowest BCUT2D eigenvalue weighted by atomic mass is 10.2. The number of hydrogen-bond donors (Lipinski definition) is 2. The van der Waals surface area contributed by atoms with E-state index in [9.17, 15) is 4.79 Å². The summed E-state index contributed by atoms with van der Waals surface area (Å²) < 4.78 is 5.72. The molecule has 0 unspecified atom stereocenters. The topological polar surface area (TPSA) is 70.4 Å². The van der Waals surface area contributed by atoms with E-state index in [-0.39, 0.29) is 30.7 Å². The number of nitrogens with zero attached hydrogens (tertiary/aromatic N) is 2. The number of nitrogens with one attached hydrogen (secondary N) is 2. The maximum atomic E-state index is 11.9. The molecule has 1 aliphatic rings. The van der Waals surface area contributed by atoms with Gasteiger partial charge in [0.05, 0.1) is 6.20 Å². The molecule has 27 heavy (non-hydrogen) atoms. The van der Waals surface area contributed by atoms with Crippen LogP contribution >= 0.6 is 24.8 Å². The molecule has 1 aromatic carbocycles. The fourth-order valence-electron chi connectivity index (χ4n) is 2.94. The van der Waals surface area contributed by atoms with Gasteiger partial charge in [0, 0.05) is 51.1 Å². The van der Waals surface area contributed by atoms with Gasteiger partial charge in [-0.05, 0) is 13.0 Å². The Morgan fingerprint density at radius 1 is 1.19 bits per heavy atom. The highest BCUT2D eigenvalue weighted by molar-refractivity contribution is 5.85. The fraction of sp³-hybridized carbons (Fsp3) is 0.474. The van der Waals surface area contributed by atoms with E-state index in [4.69, 9.17) is 4.42 Å². The molecule has 2 N–H and O–H groups in total. The first kappa shape index (κ1) is 23.4. The van der Waals surface area contributed by atoms with E-state index < -0.39 is 0 Å². The summed E-state index contributed by atoms with van der Waals surface area (Å²) in [6.07, 6.45) is 3.64. The molecule has 1 saturated heterocycles. The van der Waals surface area contributed by atoms with Crippen molar-refractivity contribution in [2.75, 3.05) is 39.3 Å². The van der Waals surface area contributed by atoms with E-state index >= 15 is 0 Å². The van der Waals surface area contributed by atoms with Crippen LogP contribution in [0.4, 0.5) is 0 Å². The second kappa shape index (κ2) is 12.7. The molecule has 0 spiro atoms. The number of oxazole rings is 1. The molecule has 8 heteroatoms. The second-order valence-corrected chi connectivity index (χ2v) is 6.28. The first-order chi connectivity index (χ1) is 12.3. The van der Waals surface area contributed by atoms with Gasteiger partial charge in [0.2, 0.25) is 5.91 Å². The molecule has 0 bridgehead atoms. The number of rotatable bonds is 8. The van der Waals surface area contributed by atoms with Gasteiger partial charge in [-0.25, -0.2) is 4.98 Å². The molecule has 2 heterocycles. The Balaban J connectivity index is 0.00000182. The molecule has 1 aliphatic heterocycles. The number of aryl methyl sites for hydroxylation is 1. The normalized spacial score (nSPS) is 14.1. The Hall–Kier alpha value is -1.60. The summed E-state index contributed by atoms with van der Waals surface area (Å²) in [4.78, 5) is 18.6. The van der Waals surface area contributed by atoms with Crippen LogP contribution in [0.2, 0.25) is 0 Å². The fourth-order valence-corrected chi connectivity index (χ4v) is 2.94. The van der Waals surface area contributed by atoms with E-state index in [0.717, 1.165) is 57.0 Å². The highest BCUT2D eigenvalue weighted by Crippen LogP contribution is 2.20. The van der Waals surface area contributed by atoms with Crippen molar-refractivity contribution in [2.24, 2.45) is 0 Å². The van der Waals surface area contributed by atoms with Crippen LogP contribution < -0.4 is 10.6 Å². The number of aromatic nitrogens is 1. The van der Waals surface area contributed by atoms with E-state index in [1.54, 1.807) is 6.20 Å². The Kier molecular flexibility index (Phi) is 11.0. The third-order valence-corrected chi connectivity index (χ3v) is 4.36. The van der Waals surface area contributed by atoms with E-state index in [1.165, 1.54) is 0 Å². The Labute approximate surface area is 172 Å². The van der Waals surface area contributed by atoms with Crippen molar-refractivity contribution in [1.29, 1.82) is 0 Å². The lowest BCUT2D eigenvalue weighted by Gasteiger charge is -2.27.